The molecule has 0 aliphatic heterocycles. The summed E-state index contributed by atoms with van der Waals surface area (Å²) in [6, 6.07) is 13.1. The van der Waals surface area contributed by atoms with E-state index in [1.165, 1.54) is 6.20 Å². The molecule has 0 unspecified atom stereocenters. The first kappa shape index (κ1) is 21.4. The minimum absolute atomic E-state index is 0.0849. The van der Waals surface area contributed by atoms with E-state index in [-0.39, 0.29) is 17.1 Å². The van der Waals surface area contributed by atoms with E-state index in [1.54, 1.807) is 31.2 Å². The fourth-order valence-corrected chi connectivity index (χ4v) is 2.64. The van der Waals surface area contributed by atoms with Gasteiger partial charge in [-0.1, -0.05) is 18.2 Å². The molecule has 2 aromatic carbocycles. The number of para-hydroxylation sites is 1. The van der Waals surface area contributed by atoms with Crippen LogP contribution >= 0.6 is 0 Å². The van der Waals surface area contributed by atoms with Gasteiger partial charge < -0.3 is 5.32 Å². The van der Waals surface area contributed by atoms with Gasteiger partial charge in [0.15, 0.2) is 0 Å². The zero-order valence-corrected chi connectivity index (χ0v) is 15.9. The van der Waals surface area contributed by atoms with Gasteiger partial charge in [0.1, 0.15) is 17.6 Å². The number of alkyl halides is 3. The van der Waals surface area contributed by atoms with Crippen LogP contribution in [0.15, 0.2) is 65.0 Å². The molecule has 1 heterocycles. The molecule has 11 heteroatoms. The number of nitrogens with zero attached hydrogens (tertiary/aromatic N) is 5. The van der Waals surface area contributed by atoms with Crippen LogP contribution in [0.3, 0.4) is 0 Å². The van der Waals surface area contributed by atoms with E-state index in [0.717, 1.165) is 12.1 Å². The number of rotatable bonds is 5. The number of nitrogens with one attached hydrogen (secondary N) is 1. The molecule has 0 saturated heterocycles. The Hall–Kier alpha value is -4.33. The molecule has 31 heavy (non-hydrogen) atoms. The molecule has 3 aromatic rings. The largest absolute Gasteiger partial charge is 0.418 e. The molecule has 1 N–H and O–H groups in total. The molecule has 0 aliphatic rings. The number of anilines is 2. The van der Waals surface area contributed by atoms with E-state index in [4.69, 9.17) is 0 Å². The first-order chi connectivity index (χ1) is 14.7. The van der Waals surface area contributed by atoms with Crippen molar-refractivity contribution >= 4 is 28.6 Å². The fourth-order valence-electron chi connectivity index (χ4n) is 2.64. The molecule has 0 bridgehead atoms. The van der Waals surface area contributed by atoms with Crippen LogP contribution in [-0.4, -0.2) is 9.91 Å². The van der Waals surface area contributed by atoms with Crippen LogP contribution in [0.5, 0.6) is 0 Å². The zero-order chi connectivity index (χ0) is 22.6. The second kappa shape index (κ2) is 8.58. The minimum Gasteiger partial charge on any atom is -0.339 e. The van der Waals surface area contributed by atoms with Gasteiger partial charge in [-0.3, -0.25) is 10.1 Å². The van der Waals surface area contributed by atoms with Gasteiger partial charge in [-0.05, 0) is 30.7 Å². The summed E-state index contributed by atoms with van der Waals surface area (Å²) in [4.78, 5) is 14.0. The smallest absolute Gasteiger partial charge is 0.339 e. The van der Waals surface area contributed by atoms with Gasteiger partial charge in [-0.25, -0.2) is 4.98 Å². The summed E-state index contributed by atoms with van der Waals surface area (Å²) in [7, 11) is 0. The second-order valence-corrected chi connectivity index (χ2v) is 6.25. The van der Waals surface area contributed by atoms with Crippen LogP contribution in [0.2, 0.25) is 0 Å². The Morgan fingerprint density at radius 3 is 2.42 bits per heavy atom. The van der Waals surface area contributed by atoms with Gasteiger partial charge in [0, 0.05) is 17.8 Å². The van der Waals surface area contributed by atoms with Crippen LogP contribution in [0, 0.1) is 28.4 Å². The van der Waals surface area contributed by atoms with Gasteiger partial charge >= 0.3 is 6.18 Å². The molecule has 0 saturated carbocycles. The average Bonchev–Trinajstić information content (AvgIpc) is 2.73. The molecule has 1 aromatic heterocycles. The highest BCUT2D eigenvalue weighted by atomic mass is 19.4. The van der Waals surface area contributed by atoms with Gasteiger partial charge in [-0.15, -0.1) is 10.2 Å². The number of azo groups is 1. The van der Waals surface area contributed by atoms with Crippen molar-refractivity contribution in [1.29, 1.82) is 5.26 Å². The Labute approximate surface area is 173 Å². The normalized spacial score (nSPS) is 11.3. The summed E-state index contributed by atoms with van der Waals surface area (Å²) in [5, 5.41) is 30.7. The summed E-state index contributed by atoms with van der Waals surface area (Å²) in [6.07, 6.45) is -3.60. The van der Waals surface area contributed by atoms with E-state index in [0.29, 0.717) is 17.3 Å². The number of nitro groups is 1. The minimum atomic E-state index is -4.87. The lowest BCUT2D eigenvalue weighted by Gasteiger charge is -2.11. The maximum Gasteiger partial charge on any atom is 0.418 e. The summed E-state index contributed by atoms with van der Waals surface area (Å²) in [5.41, 5.74) is -1.31. The highest BCUT2D eigenvalue weighted by Gasteiger charge is 2.35. The molecular weight excluding hydrogens is 413 g/mol. The highest BCUT2D eigenvalue weighted by molar-refractivity contribution is 5.68. The van der Waals surface area contributed by atoms with Gasteiger partial charge in [0.25, 0.3) is 5.69 Å². The number of hydrogen-bond acceptors (Lipinski definition) is 7. The lowest BCUT2D eigenvalue weighted by molar-refractivity contribution is -0.385. The average molecular weight is 426 g/mol. The van der Waals surface area contributed by atoms with Gasteiger partial charge in [0.2, 0.25) is 0 Å². The number of nitro benzene ring substituents is 1. The van der Waals surface area contributed by atoms with Gasteiger partial charge in [-0.2, -0.15) is 18.4 Å². The Bertz CT molecular complexity index is 1200. The third kappa shape index (κ3) is 4.81. The Morgan fingerprint density at radius 2 is 1.81 bits per heavy atom. The molecule has 3 rings (SSSR count). The SMILES string of the molecule is Cc1c(N=Nc2ccc([N+](=O)[O-])cc2C(F)(F)F)cnc(Nc2ccccc2)c1C#N. The lowest BCUT2D eigenvalue weighted by atomic mass is 10.1. The number of halogens is 3. The predicted octanol–water partition coefficient (Wildman–Crippen LogP) is 6.35. The molecule has 8 nitrogen and oxygen atoms in total. The van der Waals surface area contributed by atoms with Crippen LogP contribution in [0.4, 0.5) is 41.7 Å². The first-order valence-corrected chi connectivity index (χ1v) is 8.70. The molecular formula is C20H13F3N6O2. The van der Waals surface area contributed by atoms with Crippen molar-refractivity contribution in [2.24, 2.45) is 10.2 Å². The van der Waals surface area contributed by atoms with Crippen molar-refractivity contribution in [2.45, 2.75) is 13.1 Å². The summed E-state index contributed by atoms with van der Waals surface area (Å²) in [6.45, 7) is 1.56. The molecule has 0 atom stereocenters. The number of non-ortho nitro benzene ring substituents is 1. The zero-order valence-electron chi connectivity index (χ0n) is 15.9. The van der Waals surface area contributed by atoms with Crippen molar-refractivity contribution < 1.29 is 18.1 Å². The highest BCUT2D eigenvalue weighted by Crippen LogP contribution is 2.39. The number of hydrogen-bond donors (Lipinski definition) is 1. The van der Waals surface area contributed by atoms with E-state index in [2.05, 4.69) is 20.5 Å². The van der Waals surface area contributed by atoms with Crippen LogP contribution in [0.25, 0.3) is 0 Å². The van der Waals surface area contributed by atoms with Crippen molar-refractivity contribution in [1.82, 2.24) is 4.98 Å². The van der Waals surface area contributed by atoms with Crippen molar-refractivity contribution in [3.05, 3.63) is 81.5 Å². The second-order valence-electron chi connectivity index (χ2n) is 6.25. The Morgan fingerprint density at radius 1 is 1.13 bits per heavy atom. The standard InChI is InChI=1S/C20H13F3N6O2/c1-12-15(10-24)19(26-13-5-3-2-4-6-13)25-11-18(12)28-27-17-8-7-14(29(30)31)9-16(17)20(21,22)23/h2-9,11H,1H3,(H,25,26). The van der Waals surface area contributed by atoms with Crippen molar-refractivity contribution in [2.75, 3.05) is 5.32 Å². The molecule has 0 aliphatic carbocycles. The lowest BCUT2D eigenvalue weighted by Crippen LogP contribution is -2.06. The van der Waals surface area contributed by atoms with Crippen LogP contribution < -0.4 is 5.32 Å². The molecule has 0 radical (unpaired) electrons. The fraction of sp³-hybridized carbons (Fsp3) is 0.100. The number of benzene rings is 2. The maximum absolute atomic E-state index is 13.3. The summed E-state index contributed by atoms with van der Waals surface area (Å²) >= 11 is 0. The summed E-state index contributed by atoms with van der Waals surface area (Å²) in [5.74, 6) is 0.261. The Kier molecular flexibility index (Phi) is 5.92. The third-order valence-electron chi connectivity index (χ3n) is 4.22. The topological polar surface area (TPSA) is 117 Å². The predicted molar refractivity (Wildman–Crippen MR) is 106 cm³/mol. The third-order valence-corrected chi connectivity index (χ3v) is 4.22. The number of aromatic nitrogens is 1. The monoisotopic (exact) mass is 426 g/mol. The maximum atomic E-state index is 13.3. The van der Waals surface area contributed by atoms with E-state index >= 15 is 0 Å². The van der Waals surface area contributed by atoms with E-state index < -0.39 is 28.0 Å². The number of nitriles is 1. The number of pyridine rings is 1. The van der Waals surface area contributed by atoms with Crippen LogP contribution in [-0.2, 0) is 6.18 Å². The van der Waals surface area contributed by atoms with Crippen molar-refractivity contribution in [3.8, 4) is 6.07 Å². The van der Waals surface area contributed by atoms with Gasteiger partial charge in [0.05, 0.1) is 27.9 Å². The first-order valence-electron chi connectivity index (χ1n) is 8.70. The molecule has 0 amide bonds. The van der Waals surface area contributed by atoms with Crippen molar-refractivity contribution in [3.63, 3.8) is 0 Å². The van der Waals surface area contributed by atoms with E-state index in [1.807, 2.05) is 12.1 Å². The summed E-state index contributed by atoms with van der Waals surface area (Å²) < 4.78 is 39.9. The Balaban J connectivity index is 1.98. The van der Waals surface area contributed by atoms with Crippen LogP contribution in [0.1, 0.15) is 16.7 Å². The molecule has 0 fully saturated rings. The molecule has 156 valence electrons. The quantitative estimate of drug-likeness (QED) is 0.290. The van der Waals surface area contributed by atoms with E-state index in [9.17, 15) is 28.5 Å². The molecule has 0 spiro atoms.